The van der Waals surface area contributed by atoms with Crippen molar-refractivity contribution in [2.45, 2.75) is 26.2 Å². The van der Waals surface area contributed by atoms with Crippen LogP contribution in [0.4, 0.5) is 17.1 Å². The molecule has 0 heterocycles. The van der Waals surface area contributed by atoms with Crippen molar-refractivity contribution in [2.24, 2.45) is 5.92 Å². The molecule has 0 aliphatic rings. The fraction of sp³-hybridized carbons (Fsp3) is 0.238. The molecule has 0 fully saturated rings. The minimum Gasteiger partial charge on any atom is -0.399 e. The molecule has 0 aliphatic heterocycles. The maximum absolute atomic E-state index is 6.07. The standard InChI is InChI=1S/C21H26N2/c1-5-6-14-21(4,16(2)3)19-15-17(22)12-13-20(19)23-18-10-8-7-9-11-18/h5-16,23H,1,22H2,2-4H3/b14-6-. The predicted octanol–water partition coefficient (Wildman–Crippen LogP) is 5.67. The second kappa shape index (κ2) is 7.19. The second-order valence-corrected chi connectivity index (χ2v) is 6.33. The van der Waals surface area contributed by atoms with E-state index in [0.29, 0.717) is 5.92 Å². The van der Waals surface area contributed by atoms with E-state index in [4.69, 9.17) is 5.73 Å². The molecule has 2 rings (SSSR count). The van der Waals surface area contributed by atoms with Gasteiger partial charge in [0, 0.05) is 22.5 Å². The highest BCUT2D eigenvalue weighted by Crippen LogP contribution is 2.40. The molecule has 2 nitrogen and oxygen atoms in total. The summed E-state index contributed by atoms with van der Waals surface area (Å²) in [7, 11) is 0. The third kappa shape index (κ3) is 3.84. The molecule has 0 bridgehead atoms. The van der Waals surface area contributed by atoms with Gasteiger partial charge in [-0.1, -0.05) is 63.8 Å². The minimum absolute atomic E-state index is 0.138. The van der Waals surface area contributed by atoms with Crippen LogP contribution in [0.1, 0.15) is 26.3 Å². The summed E-state index contributed by atoms with van der Waals surface area (Å²) in [6.45, 7) is 10.5. The number of nitrogens with one attached hydrogen (secondary N) is 1. The van der Waals surface area contributed by atoms with Gasteiger partial charge in [0.25, 0.3) is 0 Å². The number of benzene rings is 2. The van der Waals surface area contributed by atoms with E-state index in [-0.39, 0.29) is 5.41 Å². The zero-order valence-electron chi connectivity index (χ0n) is 14.2. The minimum atomic E-state index is -0.138. The van der Waals surface area contributed by atoms with Gasteiger partial charge in [-0.15, -0.1) is 0 Å². The van der Waals surface area contributed by atoms with E-state index in [1.807, 2.05) is 36.4 Å². The van der Waals surface area contributed by atoms with Crippen molar-refractivity contribution in [3.63, 3.8) is 0 Å². The van der Waals surface area contributed by atoms with Gasteiger partial charge in [-0.25, -0.2) is 0 Å². The van der Waals surface area contributed by atoms with Gasteiger partial charge in [0.1, 0.15) is 0 Å². The van der Waals surface area contributed by atoms with Crippen LogP contribution in [0.2, 0.25) is 0 Å². The largest absolute Gasteiger partial charge is 0.399 e. The summed E-state index contributed by atoms with van der Waals surface area (Å²) >= 11 is 0. The third-order valence-electron chi connectivity index (χ3n) is 4.45. The summed E-state index contributed by atoms with van der Waals surface area (Å²) in [5.41, 5.74) is 10.0. The van der Waals surface area contributed by atoms with Crippen molar-refractivity contribution >= 4 is 17.1 Å². The quantitative estimate of drug-likeness (QED) is 0.533. The first kappa shape index (κ1) is 16.9. The van der Waals surface area contributed by atoms with E-state index in [2.05, 4.69) is 63.0 Å². The summed E-state index contributed by atoms with van der Waals surface area (Å²) in [5.74, 6) is 0.414. The molecule has 1 atom stereocenters. The van der Waals surface area contributed by atoms with Crippen LogP contribution in [0.25, 0.3) is 0 Å². The zero-order chi connectivity index (χ0) is 16.9. The first-order valence-corrected chi connectivity index (χ1v) is 7.99. The summed E-state index contributed by atoms with van der Waals surface area (Å²) in [5, 5.41) is 3.52. The van der Waals surface area contributed by atoms with Gasteiger partial charge in [-0.05, 0) is 41.8 Å². The summed E-state index contributed by atoms with van der Waals surface area (Å²) < 4.78 is 0. The fourth-order valence-corrected chi connectivity index (χ4v) is 2.65. The molecule has 2 heteroatoms. The lowest BCUT2D eigenvalue weighted by Crippen LogP contribution is -2.27. The Labute approximate surface area is 139 Å². The molecular formula is C21H26N2. The summed E-state index contributed by atoms with van der Waals surface area (Å²) in [6.07, 6.45) is 6.03. The number of nitrogen functional groups attached to an aromatic ring is 1. The highest BCUT2D eigenvalue weighted by Gasteiger charge is 2.30. The molecule has 0 amide bonds. The third-order valence-corrected chi connectivity index (χ3v) is 4.45. The maximum atomic E-state index is 6.07. The van der Waals surface area contributed by atoms with Gasteiger partial charge in [0.15, 0.2) is 0 Å². The molecule has 3 N–H and O–H groups in total. The second-order valence-electron chi connectivity index (χ2n) is 6.33. The average Bonchev–Trinajstić information content (AvgIpc) is 2.55. The number of nitrogens with two attached hydrogens (primary N) is 1. The first-order chi connectivity index (χ1) is 11.0. The van der Waals surface area contributed by atoms with Gasteiger partial charge >= 0.3 is 0 Å². The Balaban J connectivity index is 2.53. The van der Waals surface area contributed by atoms with Crippen LogP contribution in [0.15, 0.2) is 73.3 Å². The van der Waals surface area contributed by atoms with Crippen LogP contribution in [0, 0.1) is 5.92 Å². The van der Waals surface area contributed by atoms with Crippen LogP contribution in [0.3, 0.4) is 0 Å². The van der Waals surface area contributed by atoms with E-state index in [9.17, 15) is 0 Å². The van der Waals surface area contributed by atoms with Crippen LogP contribution in [0.5, 0.6) is 0 Å². The summed E-state index contributed by atoms with van der Waals surface area (Å²) in [4.78, 5) is 0. The van der Waals surface area contributed by atoms with Crippen molar-refractivity contribution in [3.05, 3.63) is 78.9 Å². The number of hydrogen-bond acceptors (Lipinski definition) is 2. The number of hydrogen-bond donors (Lipinski definition) is 2. The van der Waals surface area contributed by atoms with E-state index in [1.165, 1.54) is 5.56 Å². The number of rotatable bonds is 6. The van der Waals surface area contributed by atoms with E-state index in [0.717, 1.165) is 17.1 Å². The summed E-state index contributed by atoms with van der Waals surface area (Å²) in [6, 6.07) is 16.3. The van der Waals surface area contributed by atoms with Crippen molar-refractivity contribution in [1.82, 2.24) is 0 Å². The highest BCUT2D eigenvalue weighted by molar-refractivity contribution is 5.68. The number of para-hydroxylation sites is 1. The molecule has 0 radical (unpaired) electrons. The highest BCUT2D eigenvalue weighted by atomic mass is 14.9. The Morgan fingerprint density at radius 3 is 2.43 bits per heavy atom. The Morgan fingerprint density at radius 2 is 1.83 bits per heavy atom. The lowest BCUT2D eigenvalue weighted by atomic mass is 9.72. The molecule has 2 aromatic rings. The molecular weight excluding hydrogens is 280 g/mol. The van der Waals surface area contributed by atoms with Crippen LogP contribution < -0.4 is 11.1 Å². The molecule has 0 spiro atoms. The molecule has 0 saturated carbocycles. The predicted molar refractivity (Wildman–Crippen MR) is 102 cm³/mol. The Bertz CT molecular complexity index is 686. The van der Waals surface area contributed by atoms with Gasteiger partial charge in [0.2, 0.25) is 0 Å². The first-order valence-electron chi connectivity index (χ1n) is 7.99. The lowest BCUT2D eigenvalue weighted by molar-refractivity contribution is 0.421. The Morgan fingerprint density at radius 1 is 1.13 bits per heavy atom. The topological polar surface area (TPSA) is 38.0 Å². The molecule has 0 aromatic heterocycles. The van der Waals surface area contributed by atoms with Crippen LogP contribution in [-0.4, -0.2) is 0 Å². The zero-order valence-corrected chi connectivity index (χ0v) is 14.2. The molecule has 1 unspecified atom stereocenters. The van der Waals surface area contributed by atoms with Gasteiger partial charge < -0.3 is 11.1 Å². The van der Waals surface area contributed by atoms with Crippen LogP contribution >= 0.6 is 0 Å². The maximum Gasteiger partial charge on any atom is 0.0427 e. The molecule has 2 aromatic carbocycles. The van der Waals surface area contributed by atoms with Gasteiger partial charge in [0.05, 0.1) is 0 Å². The van der Waals surface area contributed by atoms with Crippen molar-refractivity contribution in [1.29, 1.82) is 0 Å². The average molecular weight is 306 g/mol. The number of allylic oxidation sites excluding steroid dienone is 3. The SMILES string of the molecule is C=C/C=C\C(C)(c1cc(N)ccc1Nc1ccccc1)C(C)C. The van der Waals surface area contributed by atoms with E-state index in [1.54, 1.807) is 0 Å². The molecule has 23 heavy (non-hydrogen) atoms. The van der Waals surface area contributed by atoms with E-state index >= 15 is 0 Å². The fourth-order valence-electron chi connectivity index (χ4n) is 2.65. The number of anilines is 3. The smallest absolute Gasteiger partial charge is 0.0427 e. The lowest BCUT2D eigenvalue weighted by Gasteiger charge is -2.33. The monoisotopic (exact) mass is 306 g/mol. The normalized spacial score (nSPS) is 13.9. The van der Waals surface area contributed by atoms with Gasteiger partial charge in [-0.2, -0.15) is 0 Å². The molecule has 0 aliphatic carbocycles. The molecule has 0 saturated heterocycles. The van der Waals surface area contributed by atoms with Crippen LogP contribution in [-0.2, 0) is 5.41 Å². The van der Waals surface area contributed by atoms with Crippen molar-refractivity contribution in [3.8, 4) is 0 Å². The molecule has 120 valence electrons. The Kier molecular flexibility index (Phi) is 5.28. The van der Waals surface area contributed by atoms with E-state index < -0.39 is 0 Å². The van der Waals surface area contributed by atoms with Crippen molar-refractivity contribution in [2.75, 3.05) is 11.1 Å². The van der Waals surface area contributed by atoms with Crippen molar-refractivity contribution < 1.29 is 0 Å². The van der Waals surface area contributed by atoms with Gasteiger partial charge in [-0.3, -0.25) is 0 Å². The Hall–Kier alpha value is -2.48.